The SMILES string of the molecule is CCNC(=NCCC(=O)OC)NC1CCS(=O)(=O)C1.I. The number of carbonyl (C=O) groups excluding carboxylic acids is 1. The minimum Gasteiger partial charge on any atom is -0.469 e. The lowest BCUT2D eigenvalue weighted by Crippen LogP contribution is -2.44. The molecule has 7 nitrogen and oxygen atoms in total. The van der Waals surface area contributed by atoms with Gasteiger partial charge >= 0.3 is 5.97 Å². The number of guanidine groups is 1. The number of halogens is 1. The molecular formula is C11H22IN3O4S. The highest BCUT2D eigenvalue weighted by atomic mass is 127. The van der Waals surface area contributed by atoms with E-state index in [-0.39, 0.29) is 53.9 Å². The average molecular weight is 419 g/mol. The van der Waals surface area contributed by atoms with Crippen molar-refractivity contribution in [2.75, 3.05) is 31.7 Å². The zero-order valence-corrected chi connectivity index (χ0v) is 14.9. The van der Waals surface area contributed by atoms with Crippen molar-refractivity contribution >= 4 is 45.7 Å². The van der Waals surface area contributed by atoms with Gasteiger partial charge in [-0.3, -0.25) is 9.79 Å². The maximum absolute atomic E-state index is 11.4. The summed E-state index contributed by atoms with van der Waals surface area (Å²) in [4.78, 5) is 15.2. The first kappa shape index (κ1) is 19.4. The zero-order valence-electron chi connectivity index (χ0n) is 11.7. The summed E-state index contributed by atoms with van der Waals surface area (Å²) in [6, 6.07) is -0.110. The first-order valence-corrected chi connectivity index (χ1v) is 8.11. The predicted octanol–water partition coefficient (Wildman–Crippen LogP) is -0.0903. The van der Waals surface area contributed by atoms with E-state index >= 15 is 0 Å². The Balaban J connectivity index is 0.00000361. The Bertz CT molecular complexity index is 439. The highest BCUT2D eigenvalue weighted by Crippen LogP contribution is 2.10. The van der Waals surface area contributed by atoms with Crippen LogP contribution in [0, 0.1) is 0 Å². The van der Waals surface area contributed by atoms with Crippen molar-refractivity contribution in [3.8, 4) is 0 Å². The Labute approximate surface area is 136 Å². The molecule has 1 heterocycles. The van der Waals surface area contributed by atoms with Gasteiger partial charge in [0.2, 0.25) is 0 Å². The van der Waals surface area contributed by atoms with E-state index in [1.807, 2.05) is 6.92 Å². The Hall–Kier alpha value is -0.580. The summed E-state index contributed by atoms with van der Waals surface area (Å²) in [5.74, 6) is 0.567. The molecule has 0 saturated carbocycles. The number of nitrogens with zero attached hydrogens (tertiary/aromatic N) is 1. The monoisotopic (exact) mass is 419 g/mol. The molecule has 1 fully saturated rings. The molecule has 1 aliphatic rings. The maximum Gasteiger partial charge on any atom is 0.307 e. The van der Waals surface area contributed by atoms with Crippen molar-refractivity contribution in [1.82, 2.24) is 10.6 Å². The first-order chi connectivity index (χ1) is 8.96. The number of methoxy groups -OCH3 is 1. The molecule has 9 heteroatoms. The Morgan fingerprint density at radius 2 is 2.15 bits per heavy atom. The molecular weight excluding hydrogens is 397 g/mol. The maximum atomic E-state index is 11.4. The van der Waals surface area contributed by atoms with Crippen LogP contribution in [0.25, 0.3) is 0 Å². The molecule has 0 aromatic rings. The van der Waals surface area contributed by atoms with Crippen molar-refractivity contribution in [3.63, 3.8) is 0 Å². The van der Waals surface area contributed by atoms with E-state index in [0.29, 0.717) is 25.5 Å². The van der Waals surface area contributed by atoms with Crippen LogP contribution in [-0.2, 0) is 19.4 Å². The highest BCUT2D eigenvalue weighted by Gasteiger charge is 2.28. The first-order valence-electron chi connectivity index (χ1n) is 6.29. The molecule has 0 aromatic heterocycles. The highest BCUT2D eigenvalue weighted by molar-refractivity contribution is 14.0. The largest absolute Gasteiger partial charge is 0.469 e. The van der Waals surface area contributed by atoms with Crippen LogP contribution < -0.4 is 10.6 Å². The molecule has 2 N–H and O–H groups in total. The molecule has 1 atom stereocenters. The van der Waals surface area contributed by atoms with Crippen molar-refractivity contribution in [2.24, 2.45) is 4.99 Å². The third kappa shape index (κ3) is 7.27. The smallest absolute Gasteiger partial charge is 0.307 e. The van der Waals surface area contributed by atoms with Crippen LogP contribution in [0.3, 0.4) is 0 Å². The standard InChI is InChI=1S/C11H21N3O4S.HI/c1-3-12-11(13-6-4-10(15)18-2)14-9-5-7-19(16,17)8-9;/h9H,3-8H2,1-2H3,(H2,12,13,14);1H. The summed E-state index contributed by atoms with van der Waals surface area (Å²) < 4.78 is 27.2. The number of nitrogens with one attached hydrogen (secondary N) is 2. The minimum absolute atomic E-state index is 0. The Morgan fingerprint density at radius 3 is 2.65 bits per heavy atom. The second-order valence-electron chi connectivity index (χ2n) is 4.33. The van der Waals surface area contributed by atoms with E-state index < -0.39 is 9.84 Å². The number of hydrogen-bond donors (Lipinski definition) is 2. The van der Waals surface area contributed by atoms with Gasteiger partial charge in [-0.15, -0.1) is 24.0 Å². The molecule has 1 rings (SSSR count). The summed E-state index contributed by atoms with van der Waals surface area (Å²) >= 11 is 0. The third-order valence-corrected chi connectivity index (χ3v) is 4.50. The number of aliphatic imine (C=N–C) groups is 1. The number of esters is 1. The zero-order chi connectivity index (χ0) is 14.3. The molecule has 0 aliphatic carbocycles. The molecule has 118 valence electrons. The molecule has 20 heavy (non-hydrogen) atoms. The van der Waals surface area contributed by atoms with E-state index in [1.165, 1.54) is 7.11 Å². The van der Waals surface area contributed by atoms with Crippen LogP contribution in [-0.4, -0.2) is 58.1 Å². The number of sulfone groups is 1. The fourth-order valence-electron chi connectivity index (χ4n) is 1.78. The van der Waals surface area contributed by atoms with Gasteiger partial charge in [0.1, 0.15) is 0 Å². The predicted molar refractivity (Wildman–Crippen MR) is 88.2 cm³/mol. The van der Waals surface area contributed by atoms with Gasteiger partial charge in [-0.25, -0.2) is 8.42 Å². The number of hydrogen-bond acceptors (Lipinski definition) is 5. The molecule has 1 unspecified atom stereocenters. The summed E-state index contributed by atoms with van der Waals surface area (Å²) in [7, 11) is -1.58. The van der Waals surface area contributed by atoms with Gasteiger partial charge < -0.3 is 15.4 Å². The summed E-state index contributed by atoms with van der Waals surface area (Å²) in [6.45, 7) is 2.90. The van der Waals surface area contributed by atoms with E-state index in [4.69, 9.17) is 0 Å². The van der Waals surface area contributed by atoms with Gasteiger partial charge in [0.05, 0.1) is 31.6 Å². The molecule has 1 aliphatic heterocycles. The van der Waals surface area contributed by atoms with Crippen LogP contribution in [0.4, 0.5) is 0 Å². The lowest BCUT2D eigenvalue weighted by Gasteiger charge is -2.15. The van der Waals surface area contributed by atoms with Crippen LogP contribution in [0.5, 0.6) is 0 Å². The second-order valence-corrected chi connectivity index (χ2v) is 6.56. The molecule has 0 radical (unpaired) electrons. The summed E-state index contributed by atoms with van der Waals surface area (Å²) in [5.41, 5.74) is 0. The normalized spacial score (nSPS) is 20.9. The molecule has 1 saturated heterocycles. The fraction of sp³-hybridized carbons (Fsp3) is 0.818. The molecule has 0 bridgehead atoms. The summed E-state index contributed by atoms with van der Waals surface area (Å²) in [6.07, 6.45) is 0.791. The van der Waals surface area contributed by atoms with E-state index in [0.717, 1.165) is 0 Å². The number of rotatable bonds is 5. The van der Waals surface area contributed by atoms with Gasteiger partial charge in [0, 0.05) is 12.6 Å². The van der Waals surface area contributed by atoms with Crippen molar-refractivity contribution in [2.45, 2.75) is 25.8 Å². The third-order valence-electron chi connectivity index (χ3n) is 2.73. The molecule has 0 spiro atoms. The van der Waals surface area contributed by atoms with Gasteiger partial charge in [0.25, 0.3) is 0 Å². The van der Waals surface area contributed by atoms with E-state index in [1.54, 1.807) is 0 Å². The second kappa shape index (κ2) is 9.37. The van der Waals surface area contributed by atoms with Crippen LogP contribution in [0.1, 0.15) is 19.8 Å². The molecule has 0 amide bonds. The van der Waals surface area contributed by atoms with Gasteiger partial charge in [-0.05, 0) is 13.3 Å². The Kier molecular flexibility index (Phi) is 9.10. The summed E-state index contributed by atoms with van der Waals surface area (Å²) in [5, 5.41) is 6.09. The van der Waals surface area contributed by atoms with Gasteiger partial charge in [0.15, 0.2) is 15.8 Å². The molecule has 0 aromatic carbocycles. The van der Waals surface area contributed by atoms with Crippen molar-refractivity contribution < 1.29 is 17.9 Å². The average Bonchev–Trinajstić information content (AvgIpc) is 2.68. The lowest BCUT2D eigenvalue weighted by molar-refractivity contribution is -0.140. The van der Waals surface area contributed by atoms with Gasteiger partial charge in [-0.1, -0.05) is 0 Å². The lowest BCUT2D eigenvalue weighted by atomic mass is 10.3. The van der Waals surface area contributed by atoms with Crippen LogP contribution in [0.15, 0.2) is 4.99 Å². The quantitative estimate of drug-likeness (QED) is 0.280. The minimum atomic E-state index is -2.91. The number of carbonyl (C=O) groups is 1. The van der Waals surface area contributed by atoms with Gasteiger partial charge in [-0.2, -0.15) is 0 Å². The topological polar surface area (TPSA) is 96.9 Å². The van der Waals surface area contributed by atoms with E-state index in [9.17, 15) is 13.2 Å². The Morgan fingerprint density at radius 1 is 1.45 bits per heavy atom. The van der Waals surface area contributed by atoms with E-state index in [2.05, 4.69) is 20.4 Å². The number of ether oxygens (including phenoxy) is 1. The van der Waals surface area contributed by atoms with Crippen LogP contribution in [0.2, 0.25) is 0 Å². The van der Waals surface area contributed by atoms with Crippen LogP contribution >= 0.6 is 24.0 Å². The van der Waals surface area contributed by atoms with Crippen molar-refractivity contribution in [1.29, 1.82) is 0 Å². The van der Waals surface area contributed by atoms with Crippen molar-refractivity contribution in [3.05, 3.63) is 0 Å². The fourth-order valence-corrected chi connectivity index (χ4v) is 3.46.